The van der Waals surface area contributed by atoms with E-state index < -0.39 is 0 Å². The average Bonchev–Trinajstić information content (AvgIpc) is 3.10. The molecule has 2 rings (SSSR count). The fraction of sp³-hybridized carbons (Fsp3) is 0.625. The Balaban J connectivity index is 2.09. The van der Waals surface area contributed by atoms with Gasteiger partial charge in [0.2, 0.25) is 0 Å². The van der Waals surface area contributed by atoms with Gasteiger partial charge in [0.05, 0.1) is 6.10 Å². The minimum Gasteiger partial charge on any atom is -0.490 e. The van der Waals surface area contributed by atoms with Gasteiger partial charge in [0.1, 0.15) is 5.75 Å². The predicted molar refractivity (Wildman–Crippen MR) is 76.0 cm³/mol. The zero-order valence-electron chi connectivity index (χ0n) is 12.0. The Labute approximate surface area is 111 Å². The van der Waals surface area contributed by atoms with E-state index in [0.717, 1.165) is 12.3 Å². The van der Waals surface area contributed by atoms with Crippen LogP contribution in [-0.4, -0.2) is 12.6 Å². The summed E-state index contributed by atoms with van der Waals surface area (Å²) in [7, 11) is 0. The normalized spacial score (nSPS) is 17.6. The molecule has 2 nitrogen and oxygen atoms in total. The Morgan fingerprint density at radius 2 is 1.83 bits per heavy atom. The van der Waals surface area contributed by atoms with Crippen LogP contribution in [0.3, 0.4) is 0 Å². The van der Waals surface area contributed by atoms with Crippen molar-refractivity contribution in [2.75, 3.05) is 6.54 Å². The predicted octanol–water partition coefficient (Wildman–Crippen LogP) is 3.92. The van der Waals surface area contributed by atoms with Gasteiger partial charge < -0.3 is 10.1 Å². The summed E-state index contributed by atoms with van der Waals surface area (Å²) >= 11 is 0. The standard InChI is InChI=1S/C16H25NO/c1-5-17-15(16(2,3)4)12-6-8-13(9-7-12)18-14-10-11-14/h6-9,14-15,17H,5,10-11H2,1-4H3. The van der Waals surface area contributed by atoms with Crippen molar-refractivity contribution in [2.24, 2.45) is 5.41 Å². The monoisotopic (exact) mass is 247 g/mol. The molecule has 0 spiro atoms. The summed E-state index contributed by atoms with van der Waals surface area (Å²) in [6.45, 7) is 9.96. The van der Waals surface area contributed by atoms with Crippen molar-refractivity contribution < 1.29 is 4.74 Å². The van der Waals surface area contributed by atoms with Crippen LogP contribution in [0.5, 0.6) is 5.75 Å². The molecule has 0 aromatic heterocycles. The van der Waals surface area contributed by atoms with Crippen LogP contribution in [0.15, 0.2) is 24.3 Å². The third-order valence-corrected chi connectivity index (χ3v) is 3.31. The maximum Gasteiger partial charge on any atom is 0.119 e. The first kappa shape index (κ1) is 13.4. The molecule has 0 radical (unpaired) electrons. The van der Waals surface area contributed by atoms with Gasteiger partial charge in [-0.3, -0.25) is 0 Å². The van der Waals surface area contributed by atoms with Crippen molar-refractivity contribution in [3.05, 3.63) is 29.8 Å². The second-order valence-electron chi connectivity index (χ2n) is 6.24. The molecule has 1 aliphatic rings. The Morgan fingerprint density at radius 1 is 1.22 bits per heavy atom. The highest BCUT2D eigenvalue weighted by Crippen LogP contribution is 2.34. The molecular weight excluding hydrogens is 222 g/mol. The molecule has 1 atom stereocenters. The molecule has 0 saturated heterocycles. The molecule has 0 aliphatic heterocycles. The molecule has 1 saturated carbocycles. The molecule has 1 aromatic carbocycles. The first-order chi connectivity index (χ1) is 8.50. The number of rotatable bonds is 5. The summed E-state index contributed by atoms with van der Waals surface area (Å²) in [4.78, 5) is 0. The van der Waals surface area contributed by atoms with E-state index in [-0.39, 0.29) is 5.41 Å². The second kappa shape index (κ2) is 5.31. The minimum atomic E-state index is 0.217. The lowest BCUT2D eigenvalue weighted by Gasteiger charge is -2.32. The number of hydrogen-bond donors (Lipinski definition) is 1. The quantitative estimate of drug-likeness (QED) is 0.851. The fourth-order valence-corrected chi connectivity index (χ4v) is 2.25. The number of benzene rings is 1. The zero-order chi connectivity index (χ0) is 13.2. The van der Waals surface area contributed by atoms with Crippen molar-refractivity contribution >= 4 is 0 Å². The minimum absolute atomic E-state index is 0.217. The summed E-state index contributed by atoms with van der Waals surface area (Å²) in [5.74, 6) is 1.01. The number of nitrogens with one attached hydrogen (secondary N) is 1. The van der Waals surface area contributed by atoms with E-state index in [0.29, 0.717) is 12.1 Å². The molecule has 1 aromatic rings. The Morgan fingerprint density at radius 3 is 2.28 bits per heavy atom. The van der Waals surface area contributed by atoms with Gasteiger partial charge >= 0.3 is 0 Å². The zero-order valence-corrected chi connectivity index (χ0v) is 12.0. The van der Waals surface area contributed by atoms with E-state index in [1.165, 1.54) is 18.4 Å². The smallest absolute Gasteiger partial charge is 0.119 e. The van der Waals surface area contributed by atoms with Crippen LogP contribution in [0.4, 0.5) is 0 Å². The van der Waals surface area contributed by atoms with Gasteiger partial charge in [-0.25, -0.2) is 0 Å². The maximum atomic E-state index is 5.79. The van der Waals surface area contributed by atoms with Gasteiger partial charge in [-0.1, -0.05) is 39.8 Å². The highest BCUT2D eigenvalue weighted by atomic mass is 16.5. The van der Waals surface area contributed by atoms with Crippen molar-refractivity contribution in [1.29, 1.82) is 0 Å². The lowest BCUT2D eigenvalue weighted by Crippen LogP contribution is -2.32. The van der Waals surface area contributed by atoms with Gasteiger partial charge in [-0.2, -0.15) is 0 Å². The molecule has 1 N–H and O–H groups in total. The summed E-state index contributed by atoms with van der Waals surface area (Å²) in [5, 5.41) is 3.57. The van der Waals surface area contributed by atoms with Crippen molar-refractivity contribution in [2.45, 2.75) is 52.7 Å². The lowest BCUT2D eigenvalue weighted by molar-refractivity contribution is 0.275. The van der Waals surface area contributed by atoms with Crippen molar-refractivity contribution in [3.8, 4) is 5.75 Å². The van der Waals surface area contributed by atoms with Gasteiger partial charge in [0.15, 0.2) is 0 Å². The third kappa shape index (κ3) is 3.49. The summed E-state index contributed by atoms with van der Waals surface area (Å²) in [6.07, 6.45) is 2.90. The molecule has 2 heteroatoms. The molecule has 18 heavy (non-hydrogen) atoms. The first-order valence-corrected chi connectivity index (χ1v) is 7.00. The maximum absolute atomic E-state index is 5.79. The van der Waals surface area contributed by atoms with Crippen molar-refractivity contribution in [3.63, 3.8) is 0 Å². The van der Waals surface area contributed by atoms with Gasteiger partial charge in [0, 0.05) is 6.04 Å². The average molecular weight is 247 g/mol. The SMILES string of the molecule is CCNC(c1ccc(OC2CC2)cc1)C(C)(C)C. The molecule has 1 aliphatic carbocycles. The summed E-state index contributed by atoms with van der Waals surface area (Å²) in [6, 6.07) is 8.97. The lowest BCUT2D eigenvalue weighted by atomic mass is 9.82. The molecule has 0 heterocycles. The Bertz CT molecular complexity index is 373. The molecule has 0 amide bonds. The van der Waals surface area contributed by atoms with E-state index in [4.69, 9.17) is 4.74 Å². The molecular formula is C16H25NO. The molecule has 1 fully saturated rings. The van der Waals surface area contributed by atoms with Gasteiger partial charge in [-0.05, 0) is 42.5 Å². The van der Waals surface area contributed by atoms with E-state index in [9.17, 15) is 0 Å². The highest BCUT2D eigenvalue weighted by Gasteiger charge is 2.26. The van der Waals surface area contributed by atoms with Gasteiger partial charge in [0.25, 0.3) is 0 Å². The largest absolute Gasteiger partial charge is 0.490 e. The van der Waals surface area contributed by atoms with Crippen molar-refractivity contribution in [1.82, 2.24) is 5.32 Å². The Kier molecular flexibility index (Phi) is 3.96. The van der Waals surface area contributed by atoms with E-state index >= 15 is 0 Å². The summed E-state index contributed by atoms with van der Waals surface area (Å²) < 4.78 is 5.79. The topological polar surface area (TPSA) is 21.3 Å². The number of ether oxygens (including phenoxy) is 1. The third-order valence-electron chi connectivity index (χ3n) is 3.31. The van der Waals surface area contributed by atoms with Crippen LogP contribution >= 0.6 is 0 Å². The number of hydrogen-bond acceptors (Lipinski definition) is 2. The van der Waals surface area contributed by atoms with Crippen LogP contribution < -0.4 is 10.1 Å². The Hall–Kier alpha value is -1.02. The van der Waals surface area contributed by atoms with E-state index in [1.54, 1.807) is 0 Å². The second-order valence-corrected chi connectivity index (χ2v) is 6.24. The molecule has 100 valence electrons. The first-order valence-electron chi connectivity index (χ1n) is 7.00. The molecule has 0 bridgehead atoms. The summed E-state index contributed by atoms with van der Waals surface area (Å²) in [5.41, 5.74) is 1.56. The van der Waals surface area contributed by atoms with Crippen LogP contribution in [0.1, 0.15) is 52.1 Å². The van der Waals surface area contributed by atoms with Crippen LogP contribution in [0.2, 0.25) is 0 Å². The van der Waals surface area contributed by atoms with Gasteiger partial charge in [-0.15, -0.1) is 0 Å². The fourth-order valence-electron chi connectivity index (χ4n) is 2.25. The highest BCUT2D eigenvalue weighted by molar-refractivity contribution is 5.30. The van der Waals surface area contributed by atoms with E-state index in [2.05, 4.69) is 57.3 Å². The van der Waals surface area contributed by atoms with Crippen LogP contribution in [0, 0.1) is 5.41 Å². The van der Waals surface area contributed by atoms with Crippen LogP contribution in [0.25, 0.3) is 0 Å². The van der Waals surface area contributed by atoms with E-state index in [1.807, 2.05) is 0 Å². The molecule has 1 unspecified atom stereocenters. The van der Waals surface area contributed by atoms with Crippen LogP contribution in [-0.2, 0) is 0 Å².